The van der Waals surface area contributed by atoms with Crippen LogP contribution in [0.1, 0.15) is 45.4 Å². The lowest BCUT2D eigenvalue weighted by atomic mass is 10.0. The minimum Gasteiger partial charge on any atom is -0.466 e. The second-order valence-corrected chi connectivity index (χ2v) is 4.60. The van der Waals surface area contributed by atoms with E-state index < -0.39 is 0 Å². The van der Waals surface area contributed by atoms with Crippen LogP contribution in [-0.4, -0.2) is 12.6 Å². The summed E-state index contributed by atoms with van der Waals surface area (Å²) >= 11 is 0. The molecule has 0 amide bonds. The monoisotopic (exact) mass is 196 g/mol. The summed E-state index contributed by atoms with van der Waals surface area (Å²) in [6.45, 7) is 2.43. The second-order valence-electron chi connectivity index (χ2n) is 4.60. The third-order valence-electron chi connectivity index (χ3n) is 3.72. The summed E-state index contributed by atoms with van der Waals surface area (Å²) in [7, 11) is 0. The minimum atomic E-state index is 0.0735. The summed E-state index contributed by atoms with van der Waals surface area (Å²) in [5.74, 6) is 1.70. The van der Waals surface area contributed by atoms with Crippen molar-refractivity contribution >= 4 is 5.97 Å². The molecule has 0 unspecified atom stereocenters. The molecule has 0 heterocycles. The van der Waals surface area contributed by atoms with E-state index in [-0.39, 0.29) is 11.9 Å². The molecule has 0 aromatic rings. The lowest BCUT2D eigenvalue weighted by molar-refractivity contribution is -0.145. The van der Waals surface area contributed by atoms with Crippen molar-refractivity contribution in [3.05, 3.63) is 0 Å². The van der Waals surface area contributed by atoms with Gasteiger partial charge < -0.3 is 4.74 Å². The average Bonchev–Trinajstić information content (AvgIpc) is 2.77. The Morgan fingerprint density at radius 2 is 1.71 bits per heavy atom. The highest BCUT2D eigenvalue weighted by Gasteiger charge is 2.54. The Kier molecular flexibility index (Phi) is 3.09. The molecule has 2 heteroatoms. The largest absolute Gasteiger partial charge is 0.466 e. The number of hydrogen-bond donors (Lipinski definition) is 0. The van der Waals surface area contributed by atoms with Crippen molar-refractivity contribution in [1.82, 2.24) is 0 Å². The second kappa shape index (κ2) is 4.33. The molecule has 0 aromatic heterocycles. The van der Waals surface area contributed by atoms with Gasteiger partial charge in [-0.15, -0.1) is 0 Å². The lowest BCUT2D eigenvalue weighted by Crippen LogP contribution is -2.08. The van der Waals surface area contributed by atoms with Crippen molar-refractivity contribution in [2.45, 2.75) is 45.4 Å². The van der Waals surface area contributed by atoms with E-state index in [0.717, 1.165) is 0 Å². The molecule has 14 heavy (non-hydrogen) atoms. The van der Waals surface area contributed by atoms with Gasteiger partial charge in [0.1, 0.15) is 0 Å². The van der Waals surface area contributed by atoms with E-state index in [1.807, 2.05) is 6.92 Å². The van der Waals surface area contributed by atoms with Crippen LogP contribution < -0.4 is 0 Å². The first-order valence-electron chi connectivity index (χ1n) is 6.01. The molecule has 80 valence electrons. The SMILES string of the molecule is CCOC(=O)C1[C@@H]2CCCCCC[C@@H]12. The number of ether oxygens (including phenoxy) is 1. The van der Waals surface area contributed by atoms with Gasteiger partial charge in [0.05, 0.1) is 12.5 Å². The molecule has 0 N–H and O–H groups in total. The van der Waals surface area contributed by atoms with E-state index in [9.17, 15) is 4.79 Å². The zero-order valence-electron chi connectivity index (χ0n) is 9.00. The molecule has 2 nitrogen and oxygen atoms in total. The molecule has 2 atom stereocenters. The molecule has 2 aliphatic carbocycles. The predicted octanol–water partition coefficient (Wildman–Crippen LogP) is 2.77. The maximum Gasteiger partial charge on any atom is 0.309 e. The number of hydrogen-bond acceptors (Lipinski definition) is 2. The van der Waals surface area contributed by atoms with E-state index in [4.69, 9.17) is 4.74 Å². The topological polar surface area (TPSA) is 26.3 Å². The van der Waals surface area contributed by atoms with E-state index >= 15 is 0 Å². The molecule has 0 spiro atoms. The van der Waals surface area contributed by atoms with Crippen LogP contribution in [0.5, 0.6) is 0 Å². The maximum absolute atomic E-state index is 11.6. The van der Waals surface area contributed by atoms with E-state index in [1.54, 1.807) is 0 Å². The summed E-state index contributed by atoms with van der Waals surface area (Å²) in [6.07, 6.45) is 7.87. The Morgan fingerprint density at radius 1 is 1.14 bits per heavy atom. The third kappa shape index (κ3) is 1.94. The van der Waals surface area contributed by atoms with Crippen molar-refractivity contribution in [1.29, 1.82) is 0 Å². The van der Waals surface area contributed by atoms with Crippen molar-refractivity contribution in [2.75, 3.05) is 6.61 Å². The standard InChI is InChI=1S/C12H20O2/c1-2-14-12(13)11-9-7-5-3-4-6-8-10(9)11/h9-11H,2-8H2,1H3/t9-,10-/m1/s1. The molecule has 0 radical (unpaired) electrons. The van der Waals surface area contributed by atoms with E-state index in [0.29, 0.717) is 18.4 Å². The van der Waals surface area contributed by atoms with Gasteiger partial charge in [0.2, 0.25) is 0 Å². The fourth-order valence-corrected chi connectivity index (χ4v) is 2.93. The summed E-state index contributed by atoms with van der Waals surface area (Å²) in [6, 6.07) is 0. The Morgan fingerprint density at radius 3 is 2.21 bits per heavy atom. The zero-order chi connectivity index (χ0) is 9.97. The Balaban J connectivity index is 1.87. The Labute approximate surface area is 86.0 Å². The molecule has 0 aromatic carbocycles. The first kappa shape index (κ1) is 10.0. The van der Waals surface area contributed by atoms with Gasteiger partial charge in [0.15, 0.2) is 0 Å². The highest BCUT2D eigenvalue weighted by Crippen LogP contribution is 2.53. The Bertz CT molecular complexity index is 198. The molecule has 2 fully saturated rings. The zero-order valence-corrected chi connectivity index (χ0v) is 9.00. The number of carbonyl (C=O) groups excluding carboxylic acids is 1. The quantitative estimate of drug-likeness (QED) is 0.635. The van der Waals surface area contributed by atoms with Crippen LogP contribution in [0.25, 0.3) is 0 Å². The van der Waals surface area contributed by atoms with E-state index in [2.05, 4.69) is 0 Å². The number of carbonyl (C=O) groups is 1. The van der Waals surface area contributed by atoms with Crippen molar-refractivity contribution in [3.8, 4) is 0 Å². The van der Waals surface area contributed by atoms with Crippen LogP contribution in [0.4, 0.5) is 0 Å². The van der Waals surface area contributed by atoms with Crippen molar-refractivity contribution < 1.29 is 9.53 Å². The van der Waals surface area contributed by atoms with Crippen LogP contribution in [0.3, 0.4) is 0 Å². The van der Waals surface area contributed by atoms with Gasteiger partial charge in [-0.2, -0.15) is 0 Å². The van der Waals surface area contributed by atoms with Gasteiger partial charge in [-0.3, -0.25) is 4.79 Å². The smallest absolute Gasteiger partial charge is 0.309 e. The molecule has 0 saturated heterocycles. The van der Waals surface area contributed by atoms with Crippen LogP contribution in [0.15, 0.2) is 0 Å². The van der Waals surface area contributed by atoms with E-state index in [1.165, 1.54) is 38.5 Å². The molecule has 2 rings (SSSR count). The van der Waals surface area contributed by atoms with Gasteiger partial charge in [-0.25, -0.2) is 0 Å². The minimum absolute atomic E-state index is 0.0735. The molecule has 0 aliphatic heterocycles. The van der Waals surface area contributed by atoms with Gasteiger partial charge >= 0.3 is 5.97 Å². The maximum atomic E-state index is 11.6. The predicted molar refractivity (Wildman–Crippen MR) is 54.8 cm³/mol. The highest BCUT2D eigenvalue weighted by molar-refractivity contribution is 5.76. The average molecular weight is 196 g/mol. The summed E-state index contributed by atoms with van der Waals surface area (Å²) < 4.78 is 5.10. The number of fused-ring (bicyclic) bond motifs is 1. The van der Waals surface area contributed by atoms with Crippen LogP contribution in [0.2, 0.25) is 0 Å². The molecule has 2 saturated carbocycles. The fourth-order valence-electron chi connectivity index (χ4n) is 2.93. The molecule has 0 bridgehead atoms. The molecule has 2 aliphatic rings. The first-order chi connectivity index (χ1) is 6.84. The highest BCUT2D eigenvalue weighted by atomic mass is 16.5. The van der Waals surface area contributed by atoms with Crippen molar-refractivity contribution in [3.63, 3.8) is 0 Å². The normalized spacial score (nSPS) is 36.5. The van der Waals surface area contributed by atoms with Gasteiger partial charge in [0, 0.05) is 0 Å². The number of esters is 1. The fraction of sp³-hybridized carbons (Fsp3) is 0.917. The van der Waals surface area contributed by atoms with Crippen molar-refractivity contribution in [2.24, 2.45) is 17.8 Å². The van der Waals surface area contributed by atoms with Gasteiger partial charge in [-0.1, -0.05) is 25.7 Å². The lowest BCUT2D eigenvalue weighted by Gasteiger charge is -2.04. The van der Waals surface area contributed by atoms with Crippen LogP contribution in [0, 0.1) is 17.8 Å². The van der Waals surface area contributed by atoms with Gasteiger partial charge in [0.25, 0.3) is 0 Å². The Hall–Kier alpha value is -0.530. The molecular weight excluding hydrogens is 176 g/mol. The third-order valence-corrected chi connectivity index (χ3v) is 3.72. The summed E-state index contributed by atoms with van der Waals surface area (Å²) in [5, 5.41) is 0. The van der Waals surface area contributed by atoms with Crippen LogP contribution in [-0.2, 0) is 9.53 Å². The summed E-state index contributed by atoms with van der Waals surface area (Å²) in [4.78, 5) is 11.6. The number of rotatable bonds is 2. The summed E-state index contributed by atoms with van der Waals surface area (Å²) in [5.41, 5.74) is 0. The van der Waals surface area contributed by atoms with Crippen LogP contribution >= 0.6 is 0 Å². The van der Waals surface area contributed by atoms with Gasteiger partial charge in [-0.05, 0) is 31.6 Å². The molecular formula is C12H20O2. The first-order valence-corrected chi connectivity index (χ1v) is 6.01.